The van der Waals surface area contributed by atoms with Gasteiger partial charge in [0.25, 0.3) is 5.89 Å². The Kier molecular flexibility index (Phi) is 4.95. The molecule has 0 aliphatic carbocycles. The zero-order valence-corrected chi connectivity index (χ0v) is 16.3. The van der Waals surface area contributed by atoms with Crippen LogP contribution in [0, 0.1) is 13.8 Å². The first-order valence-electron chi connectivity index (χ1n) is 9.07. The molecule has 0 aliphatic rings. The molecule has 0 saturated heterocycles. The summed E-state index contributed by atoms with van der Waals surface area (Å²) in [5, 5.41) is 4.86. The summed E-state index contributed by atoms with van der Waals surface area (Å²) in [5.74, 6) is 0.823. The fraction of sp³-hybridized carbons (Fsp3) is 0.182. The lowest BCUT2D eigenvalue weighted by molar-refractivity contribution is 0.0428. The number of rotatable bonds is 5. The van der Waals surface area contributed by atoms with Gasteiger partial charge in [-0.25, -0.2) is 4.79 Å². The molecule has 0 amide bonds. The molecule has 7 heteroatoms. The van der Waals surface area contributed by atoms with E-state index in [4.69, 9.17) is 14.0 Å². The first kappa shape index (κ1) is 18.6. The van der Waals surface area contributed by atoms with Crippen molar-refractivity contribution in [3.05, 3.63) is 71.2 Å². The van der Waals surface area contributed by atoms with Gasteiger partial charge in [0.2, 0.25) is 5.82 Å². The lowest BCUT2D eigenvalue weighted by atomic mass is 10.0. The summed E-state index contributed by atoms with van der Waals surface area (Å²) in [6.07, 6.45) is 0. The minimum absolute atomic E-state index is 0.124. The minimum Gasteiger partial charge on any atom is -0.497 e. The van der Waals surface area contributed by atoms with Crippen LogP contribution in [0.25, 0.3) is 22.3 Å². The first-order valence-corrected chi connectivity index (χ1v) is 9.07. The summed E-state index contributed by atoms with van der Waals surface area (Å²) in [6, 6.07) is 15.0. The van der Waals surface area contributed by atoms with Gasteiger partial charge in [-0.05, 0) is 37.6 Å². The van der Waals surface area contributed by atoms with Crippen molar-refractivity contribution in [2.24, 2.45) is 0 Å². The lowest BCUT2D eigenvalue weighted by Crippen LogP contribution is -2.11. The van der Waals surface area contributed by atoms with Gasteiger partial charge in [0.05, 0.1) is 23.9 Å². The third-order valence-corrected chi connectivity index (χ3v) is 4.66. The van der Waals surface area contributed by atoms with Gasteiger partial charge in [-0.2, -0.15) is 4.98 Å². The number of carbonyl (C=O) groups is 1. The van der Waals surface area contributed by atoms with Crippen LogP contribution < -0.4 is 4.74 Å². The zero-order valence-electron chi connectivity index (χ0n) is 16.3. The van der Waals surface area contributed by atoms with Crippen molar-refractivity contribution in [3.63, 3.8) is 0 Å². The van der Waals surface area contributed by atoms with Gasteiger partial charge < -0.3 is 14.0 Å². The van der Waals surface area contributed by atoms with Crippen molar-refractivity contribution >= 4 is 16.9 Å². The number of methoxy groups -OCH3 is 1. The number of aromatic nitrogens is 3. The number of carbonyl (C=O) groups excluding carboxylic acids is 1. The highest BCUT2D eigenvalue weighted by Gasteiger charge is 2.19. The normalized spacial score (nSPS) is 10.9. The Morgan fingerprint density at radius 3 is 2.72 bits per heavy atom. The molecular weight excluding hydrogens is 370 g/mol. The fourth-order valence-corrected chi connectivity index (χ4v) is 3.22. The second kappa shape index (κ2) is 7.71. The van der Waals surface area contributed by atoms with Crippen LogP contribution in [0.3, 0.4) is 0 Å². The summed E-state index contributed by atoms with van der Waals surface area (Å²) in [6.45, 7) is 3.56. The summed E-state index contributed by atoms with van der Waals surface area (Å²) in [7, 11) is 1.59. The van der Waals surface area contributed by atoms with Gasteiger partial charge >= 0.3 is 5.97 Å². The highest BCUT2D eigenvalue weighted by atomic mass is 16.6. The molecule has 0 radical (unpaired) electrons. The lowest BCUT2D eigenvalue weighted by Gasteiger charge is -2.11. The van der Waals surface area contributed by atoms with E-state index in [9.17, 15) is 4.79 Å². The molecule has 2 aromatic heterocycles. The Hall–Kier alpha value is -3.74. The number of para-hydroxylation sites is 1. The van der Waals surface area contributed by atoms with Crippen molar-refractivity contribution in [2.45, 2.75) is 20.5 Å². The molecule has 29 heavy (non-hydrogen) atoms. The molecular formula is C22H19N3O4. The molecule has 0 unspecified atom stereocenters. The van der Waals surface area contributed by atoms with Crippen molar-refractivity contribution in [3.8, 4) is 17.1 Å². The largest absolute Gasteiger partial charge is 0.497 e. The second-order valence-electron chi connectivity index (χ2n) is 6.53. The van der Waals surface area contributed by atoms with Crippen LogP contribution in [0.2, 0.25) is 0 Å². The first-order chi connectivity index (χ1) is 14.1. The number of hydrogen-bond donors (Lipinski definition) is 0. The average molecular weight is 389 g/mol. The standard InChI is InChI=1S/C22H19N3O4/c1-13-17-9-4-5-10-18(17)23-14(2)20(13)22(26)28-12-19-24-21(25-29-19)15-7-6-8-16(11-15)27-3/h4-11H,12H2,1-3H3. The third kappa shape index (κ3) is 3.67. The van der Waals surface area contributed by atoms with E-state index in [-0.39, 0.29) is 12.5 Å². The molecule has 2 aromatic carbocycles. The molecule has 0 atom stereocenters. The number of aryl methyl sites for hydroxylation is 2. The number of fused-ring (bicyclic) bond motifs is 1. The summed E-state index contributed by atoms with van der Waals surface area (Å²) in [4.78, 5) is 21.5. The number of nitrogens with zero attached hydrogens (tertiary/aromatic N) is 3. The van der Waals surface area contributed by atoms with E-state index in [2.05, 4.69) is 15.1 Å². The maximum atomic E-state index is 12.7. The molecule has 0 spiro atoms. The van der Waals surface area contributed by atoms with Crippen molar-refractivity contribution in [2.75, 3.05) is 7.11 Å². The van der Waals surface area contributed by atoms with Crippen LogP contribution in [0.4, 0.5) is 0 Å². The third-order valence-electron chi connectivity index (χ3n) is 4.66. The van der Waals surface area contributed by atoms with E-state index in [0.717, 1.165) is 22.0 Å². The highest BCUT2D eigenvalue weighted by molar-refractivity contribution is 5.98. The molecule has 146 valence electrons. The van der Waals surface area contributed by atoms with Crippen LogP contribution in [0.5, 0.6) is 5.75 Å². The number of pyridine rings is 1. The maximum absolute atomic E-state index is 12.7. The maximum Gasteiger partial charge on any atom is 0.340 e. The monoisotopic (exact) mass is 389 g/mol. The van der Waals surface area contributed by atoms with Crippen LogP contribution >= 0.6 is 0 Å². The molecule has 0 N–H and O–H groups in total. The van der Waals surface area contributed by atoms with Gasteiger partial charge in [0.15, 0.2) is 6.61 Å². The molecule has 0 saturated carbocycles. The quantitative estimate of drug-likeness (QED) is 0.471. The van der Waals surface area contributed by atoms with Gasteiger partial charge in [0.1, 0.15) is 5.75 Å². The molecule has 0 aliphatic heterocycles. The highest BCUT2D eigenvalue weighted by Crippen LogP contribution is 2.24. The molecule has 4 aromatic rings. The Morgan fingerprint density at radius 2 is 1.90 bits per heavy atom. The Morgan fingerprint density at radius 1 is 1.07 bits per heavy atom. The molecule has 4 rings (SSSR count). The molecule has 0 bridgehead atoms. The number of ether oxygens (including phenoxy) is 2. The summed E-state index contributed by atoms with van der Waals surface area (Å²) in [5.41, 5.74) is 3.50. The van der Waals surface area contributed by atoms with E-state index in [0.29, 0.717) is 22.8 Å². The number of esters is 1. The van der Waals surface area contributed by atoms with E-state index >= 15 is 0 Å². The van der Waals surface area contributed by atoms with E-state index in [1.807, 2.05) is 49.4 Å². The number of benzene rings is 2. The van der Waals surface area contributed by atoms with Crippen molar-refractivity contribution in [1.29, 1.82) is 0 Å². The SMILES string of the molecule is COc1cccc(-c2noc(COC(=O)c3c(C)nc4ccccc4c3C)n2)c1. The van der Waals surface area contributed by atoms with Crippen molar-refractivity contribution in [1.82, 2.24) is 15.1 Å². The van der Waals surface area contributed by atoms with E-state index in [1.165, 1.54) is 0 Å². The Balaban J connectivity index is 1.52. The predicted octanol–water partition coefficient (Wildman–Crippen LogP) is 4.27. The van der Waals surface area contributed by atoms with Crippen molar-refractivity contribution < 1.29 is 18.8 Å². The van der Waals surface area contributed by atoms with Gasteiger partial charge in [-0.1, -0.05) is 35.5 Å². The molecule has 7 nitrogen and oxygen atoms in total. The van der Waals surface area contributed by atoms with Crippen LogP contribution in [0.1, 0.15) is 27.5 Å². The Labute approximate surface area is 167 Å². The summed E-state index contributed by atoms with van der Waals surface area (Å²) < 4.78 is 15.8. The van der Waals surface area contributed by atoms with Gasteiger partial charge in [-0.3, -0.25) is 4.98 Å². The number of hydrogen-bond acceptors (Lipinski definition) is 7. The average Bonchev–Trinajstić information content (AvgIpc) is 3.21. The van der Waals surface area contributed by atoms with Gasteiger partial charge in [0, 0.05) is 10.9 Å². The fourth-order valence-electron chi connectivity index (χ4n) is 3.22. The second-order valence-corrected chi connectivity index (χ2v) is 6.53. The van der Waals surface area contributed by atoms with Crippen LogP contribution in [0.15, 0.2) is 53.1 Å². The van der Waals surface area contributed by atoms with Crippen LogP contribution in [-0.2, 0) is 11.3 Å². The van der Waals surface area contributed by atoms with Gasteiger partial charge in [-0.15, -0.1) is 0 Å². The summed E-state index contributed by atoms with van der Waals surface area (Å²) >= 11 is 0. The zero-order chi connectivity index (χ0) is 20.4. The molecule has 0 fully saturated rings. The van der Waals surface area contributed by atoms with Crippen LogP contribution in [-0.4, -0.2) is 28.2 Å². The van der Waals surface area contributed by atoms with E-state index < -0.39 is 5.97 Å². The van der Waals surface area contributed by atoms with E-state index in [1.54, 1.807) is 20.1 Å². The predicted molar refractivity (Wildman–Crippen MR) is 107 cm³/mol. The Bertz CT molecular complexity index is 1200. The molecule has 2 heterocycles. The topological polar surface area (TPSA) is 87.3 Å². The minimum atomic E-state index is -0.473. The smallest absolute Gasteiger partial charge is 0.340 e.